The Labute approximate surface area is 158 Å². The fraction of sp³-hybridized carbons (Fsp3) is 0.778. The number of nitrogens with zero attached hydrogens (tertiary/aromatic N) is 1. The summed E-state index contributed by atoms with van der Waals surface area (Å²) in [5.41, 5.74) is 0. The van der Waals surface area contributed by atoms with Gasteiger partial charge in [0.25, 0.3) is 5.24 Å². The standard InChI is InChI=1S/C18H27N3O4S/c22-15-11-26-18(25)21(15)9-8-19-16(23)13-4-6-14(7-5-13)17(24)20-10-12-2-1-3-12/h12-14H,1-11H2,(H,19,23)(H,20,24)/t13-,14+. The molecule has 2 N–H and O–H groups in total. The van der Waals surface area contributed by atoms with Crippen molar-refractivity contribution < 1.29 is 19.2 Å². The van der Waals surface area contributed by atoms with Gasteiger partial charge in [0.1, 0.15) is 0 Å². The molecule has 8 heteroatoms. The van der Waals surface area contributed by atoms with E-state index in [1.807, 2.05) is 0 Å². The van der Waals surface area contributed by atoms with Gasteiger partial charge in [-0.15, -0.1) is 0 Å². The number of carbonyl (C=O) groups excluding carboxylic acids is 4. The molecule has 0 aromatic heterocycles. The lowest BCUT2D eigenvalue weighted by Gasteiger charge is -2.29. The molecule has 1 heterocycles. The second-order valence-corrected chi connectivity index (χ2v) is 8.41. The molecule has 7 nitrogen and oxygen atoms in total. The summed E-state index contributed by atoms with van der Waals surface area (Å²) in [5, 5.41) is 5.65. The largest absolute Gasteiger partial charge is 0.356 e. The first-order valence-corrected chi connectivity index (χ1v) is 10.6. The highest BCUT2D eigenvalue weighted by Gasteiger charge is 2.32. The summed E-state index contributed by atoms with van der Waals surface area (Å²) in [6, 6.07) is 0. The molecule has 0 bridgehead atoms. The number of thioether (sulfide) groups is 1. The van der Waals surface area contributed by atoms with Gasteiger partial charge < -0.3 is 10.6 Å². The zero-order valence-corrected chi connectivity index (χ0v) is 15.8. The molecule has 2 saturated carbocycles. The van der Waals surface area contributed by atoms with E-state index in [2.05, 4.69) is 10.6 Å². The molecule has 0 aromatic carbocycles. The van der Waals surface area contributed by atoms with E-state index in [1.54, 1.807) is 0 Å². The van der Waals surface area contributed by atoms with Crippen molar-refractivity contribution in [1.82, 2.24) is 15.5 Å². The number of hydrogen-bond acceptors (Lipinski definition) is 5. The number of imide groups is 1. The van der Waals surface area contributed by atoms with E-state index in [0.29, 0.717) is 25.3 Å². The van der Waals surface area contributed by atoms with E-state index < -0.39 is 0 Å². The first-order valence-electron chi connectivity index (χ1n) is 9.57. The van der Waals surface area contributed by atoms with Crippen LogP contribution in [0.2, 0.25) is 0 Å². The van der Waals surface area contributed by atoms with Crippen LogP contribution in [-0.2, 0) is 14.4 Å². The van der Waals surface area contributed by atoms with Gasteiger partial charge in [-0.3, -0.25) is 24.1 Å². The summed E-state index contributed by atoms with van der Waals surface area (Å²) in [5.74, 6) is 0.710. The molecule has 3 aliphatic rings. The SMILES string of the molecule is O=C1CSC(=O)N1CCNC(=O)[C@H]1CC[C@@H](C(=O)NCC2CCC2)CC1. The summed E-state index contributed by atoms with van der Waals surface area (Å²) in [6.07, 6.45) is 6.64. The molecule has 0 unspecified atom stereocenters. The number of amides is 4. The minimum atomic E-state index is -0.238. The predicted molar refractivity (Wildman–Crippen MR) is 98.4 cm³/mol. The molecular formula is C18H27N3O4S. The molecule has 1 saturated heterocycles. The maximum absolute atomic E-state index is 12.3. The van der Waals surface area contributed by atoms with Crippen molar-refractivity contribution in [2.75, 3.05) is 25.4 Å². The Hall–Kier alpha value is -1.57. The third-order valence-electron chi connectivity index (χ3n) is 5.73. The molecular weight excluding hydrogens is 354 g/mol. The zero-order chi connectivity index (χ0) is 18.5. The second-order valence-electron chi connectivity index (χ2n) is 7.48. The minimum Gasteiger partial charge on any atom is -0.356 e. The maximum Gasteiger partial charge on any atom is 0.288 e. The van der Waals surface area contributed by atoms with Crippen molar-refractivity contribution in [2.45, 2.75) is 44.9 Å². The van der Waals surface area contributed by atoms with Gasteiger partial charge in [-0.05, 0) is 44.4 Å². The van der Waals surface area contributed by atoms with Gasteiger partial charge in [-0.25, -0.2) is 0 Å². The van der Waals surface area contributed by atoms with Gasteiger partial charge in [-0.1, -0.05) is 18.2 Å². The van der Waals surface area contributed by atoms with E-state index in [9.17, 15) is 19.2 Å². The Morgan fingerprint density at radius 2 is 1.58 bits per heavy atom. The molecule has 26 heavy (non-hydrogen) atoms. The summed E-state index contributed by atoms with van der Waals surface area (Å²) >= 11 is 1.00. The molecule has 0 atom stereocenters. The Balaban J connectivity index is 1.32. The molecule has 2 aliphatic carbocycles. The minimum absolute atomic E-state index is 0.0241. The smallest absolute Gasteiger partial charge is 0.288 e. The van der Waals surface area contributed by atoms with Crippen LogP contribution in [0.3, 0.4) is 0 Å². The molecule has 144 valence electrons. The van der Waals surface area contributed by atoms with Crippen LogP contribution in [-0.4, -0.2) is 53.2 Å². The third kappa shape index (κ3) is 4.78. The number of rotatable bonds is 7. The molecule has 0 radical (unpaired) electrons. The Kier molecular flexibility index (Phi) is 6.56. The van der Waals surface area contributed by atoms with Crippen molar-refractivity contribution in [2.24, 2.45) is 17.8 Å². The van der Waals surface area contributed by atoms with Crippen LogP contribution >= 0.6 is 11.8 Å². The van der Waals surface area contributed by atoms with Gasteiger partial charge in [0.05, 0.1) is 5.75 Å². The molecule has 1 aliphatic heterocycles. The zero-order valence-electron chi connectivity index (χ0n) is 15.0. The number of nitrogens with one attached hydrogen (secondary N) is 2. The van der Waals surface area contributed by atoms with Crippen molar-refractivity contribution in [3.05, 3.63) is 0 Å². The van der Waals surface area contributed by atoms with Crippen molar-refractivity contribution >= 4 is 34.7 Å². The first-order chi connectivity index (χ1) is 12.5. The van der Waals surface area contributed by atoms with E-state index in [4.69, 9.17) is 0 Å². The molecule has 0 spiro atoms. The monoisotopic (exact) mass is 381 g/mol. The highest BCUT2D eigenvalue weighted by atomic mass is 32.2. The lowest BCUT2D eigenvalue weighted by molar-refractivity contribution is -0.130. The number of carbonyl (C=O) groups is 4. The van der Waals surface area contributed by atoms with Crippen LogP contribution in [0.4, 0.5) is 4.79 Å². The highest BCUT2D eigenvalue weighted by molar-refractivity contribution is 8.14. The second kappa shape index (κ2) is 8.88. The average molecular weight is 381 g/mol. The normalized spacial score (nSPS) is 26.5. The quantitative estimate of drug-likeness (QED) is 0.697. The fourth-order valence-electron chi connectivity index (χ4n) is 3.74. The number of hydrogen-bond donors (Lipinski definition) is 2. The van der Waals surface area contributed by atoms with E-state index in [-0.39, 0.29) is 47.1 Å². The van der Waals surface area contributed by atoms with Gasteiger partial charge >= 0.3 is 0 Å². The van der Waals surface area contributed by atoms with Gasteiger partial charge in [0.15, 0.2) is 0 Å². The van der Waals surface area contributed by atoms with E-state index in [0.717, 1.165) is 31.1 Å². The van der Waals surface area contributed by atoms with E-state index >= 15 is 0 Å². The summed E-state index contributed by atoms with van der Waals surface area (Å²) < 4.78 is 0. The fourth-order valence-corrected chi connectivity index (χ4v) is 4.49. The topological polar surface area (TPSA) is 95.6 Å². The molecule has 3 rings (SSSR count). The molecule has 3 fully saturated rings. The highest BCUT2D eigenvalue weighted by Crippen LogP contribution is 2.30. The predicted octanol–water partition coefficient (Wildman–Crippen LogP) is 1.52. The van der Waals surface area contributed by atoms with Gasteiger partial charge in [-0.2, -0.15) is 0 Å². The van der Waals surface area contributed by atoms with Crippen LogP contribution < -0.4 is 10.6 Å². The first kappa shape index (κ1) is 19.2. The Bertz CT molecular complexity index is 555. The van der Waals surface area contributed by atoms with Crippen LogP contribution in [0.25, 0.3) is 0 Å². The van der Waals surface area contributed by atoms with Gasteiger partial charge in [0, 0.05) is 31.5 Å². The molecule has 0 aromatic rings. The van der Waals surface area contributed by atoms with Crippen LogP contribution in [0.1, 0.15) is 44.9 Å². The Morgan fingerprint density at radius 3 is 2.08 bits per heavy atom. The van der Waals surface area contributed by atoms with Crippen LogP contribution in [0.5, 0.6) is 0 Å². The summed E-state index contributed by atoms with van der Waals surface area (Å²) in [7, 11) is 0. The van der Waals surface area contributed by atoms with Crippen LogP contribution in [0, 0.1) is 17.8 Å². The summed E-state index contributed by atoms with van der Waals surface area (Å²) in [6.45, 7) is 1.32. The lowest BCUT2D eigenvalue weighted by atomic mass is 9.80. The van der Waals surface area contributed by atoms with Crippen LogP contribution in [0.15, 0.2) is 0 Å². The molecule has 4 amide bonds. The van der Waals surface area contributed by atoms with Crippen molar-refractivity contribution in [3.63, 3.8) is 0 Å². The van der Waals surface area contributed by atoms with Gasteiger partial charge in [0.2, 0.25) is 17.7 Å². The Morgan fingerprint density at radius 1 is 0.962 bits per heavy atom. The average Bonchev–Trinajstić information content (AvgIpc) is 2.92. The van der Waals surface area contributed by atoms with Crippen molar-refractivity contribution in [3.8, 4) is 0 Å². The lowest BCUT2D eigenvalue weighted by Crippen LogP contribution is -2.42. The maximum atomic E-state index is 12.3. The van der Waals surface area contributed by atoms with E-state index in [1.165, 1.54) is 24.2 Å². The summed E-state index contributed by atoms with van der Waals surface area (Å²) in [4.78, 5) is 48.7. The van der Waals surface area contributed by atoms with Crippen molar-refractivity contribution in [1.29, 1.82) is 0 Å². The third-order valence-corrected chi connectivity index (χ3v) is 6.59.